The molecule has 1 aliphatic rings. The molecule has 0 aromatic rings. The molecule has 0 aliphatic carbocycles. The van der Waals surface area contributed by atoms with Crippen molar-refractivity contribution in [3.63, 3.8) is 0 Å². The van der Waals surface area contributed by atoms with E-state index in [1.54, 1.807) is 9.80 Å². The van der Waals surface area contributed by atoms with Gasteiger partial charge in [0.2, 0.25) is 0 Å². The van der Waals surface area contributed by atoms with Gasteiger partial charge in [0.15, 0.2) is 0 Å². The molecule has 9 nitrogen and oxygen atoms in total. The third kappa shape index (κ3) is 8.46. The van der Waals surface area contributed by atoms with Gasteiger partial charge in [-0.05, 0) is 5.41 Å². The van der Waals surface area contributed by atoms with Gasteiger partial charge in [0.05, 0.1) is 13.1 Å². The second kappa shape index (κ2) is 10.8. The Kier molecular flexibility index (Phi) is 10.3. The summed E-state index contributed by atoms with van der Waals surface area (Å²) in [7, 11) is 0. The molecule has 1 unspecified atom stereocenters. The predicted molar refractivity (Wildman–Crippen MR) is 90.6 cm³/mol. The van der Waals surface area contributed by atoms with Gasteiger partial charge in [-0.15, -0.1) is 0 Å². The smallest absolute Gasteiger partial charge is 0.321 e. The van der Waals surface area contributed by atoms with Gasteiger partial charge >= 0.3 is 17.9 Å². The molecule has 1 radical (unpaired) electrons. The van der Waals surface area contributed by atoms with Crippen LogP contribution in [0.2, 0.25) is 0 Å². The molecule has 1 heterocycles. The first-order chi connectivity index (χ1) is 11.5. The Bertz CT molecular complexity index is 469. The van der Waals surface area contributed by atoms with Crippen LogP contribution in [0.1, 0.15) is 20.8 Å². The van der Waals surface area contributed by atoms with E-state index in [9.17, 15) is 19.5 Å². The first-order valence-corrected chi connectivity index (χ1v) is 8.36. The number of nitrogens with zero attached hydrogens (tertiary/aromatic N) is 3. The second-order valence-electron chi connectivity index (χ2n) is 7.48. The maximum absolute atomic E-state index is 11.8. The van der Waals surface area contributed by atoms with Crippen molar-refractivity contribution in [2.24, 2.45) is 5.41 Å². The van der Waals surface area contributed by atoms with Crippen LogP contribution in [-0.2, 0) is 31.5 Å². The summed E-state index contributed by atoms with van der Waals surface area (Å²) in [5.41, 5.74) is -0.505. The average molecular weight is 423 g/mol. The van der Waals surface area contributed by atoms with Crippen molar-refractivity contribution in [2.45, 2.75) is 26.8 Å². The van der Waals surface area contributed by atoms with Gasteiger partial charge in [0.25, 0.3) is 0 Å². The topological polar surface area (TPSA) is 122 Å². The van der Waals surface area contributed by atoms with Gasteiger partial charge < -0.3 is 15.3 Å². The van der Waals surface area contributed by atoms with E-state index >= 15 is 0 Å². The van der Waals surface area contributed by atoms with E-state index in [2.05, 4.69) is 0 Å². The minimum absolute atomic E-state index is 0. The summed E-state index contributed by atoms with van der Waals surface area (Å²) in [4.78, 5) is 39.1. The van der Waals surface area contributed by atoms with Crippen LogP contribution in [-0.4, -0.2) is 106 Å². The molecule has 1 fully saturated rings. The largest absolute Gasteiger partial charge is 0.480 e. The summed E-state index contributed by atoms with van der Waals surface area (Å²) in [6.45, 7) is 7.80. The molecular weight excluding hydrogens is 394 g/mol. The van der Waals surface area contributed by atoms with E-state index < -0.39 is 29.4 Å². The van der Waals surface area contributed by atoms with E-state index in [1.807, 2.05) is 25.7 Å². The quantitative estimate of drug-likeness (QED) is 0.489. The van der Waals surface area contributed by atoms with Gasteiger partial charge in [-0.1, -0.05) is 20.8 Å². The summed E-state index contributed by atoms with van der Waals surface area (Å²) < 4.78 is 0. The van der Waals surface area contributed by atoms with Crippen molar-refractivity contribution in [3.05, 3.63) is 0 Å². The molecule has 1 saturated heterocycles. The van der Waals surface area contributed by atoms with Crippen LogP contribution in [0.5, 0.6) is 0 Å². The van der Waals surface area contributed by atoms with Crippen molar-refractivity contribution in [1.82, 2.24) is 14.7 Å². The summed E-state index contributed by atoms with van der Waals surface area (Å²) in [6, 6.07) is -0.732. The summed E-state index contributed by atoms with van der Waals surface area (Å²) in [5.74, 6) is -2.84. The number of carboxylic acid groups (broad SMARTS) is 3. The van der Waals surface area contributed by atoms with Crippen LogP contribution in [0.4, 0.5) is 0 Å². The fraction of sp³-hybridized carbons (Fsp3) is 0.812. The molecule has 1 rings (SSSR count). The van der Waals surface area contributed by atoms with E-state index in [1.165, 1.54) is 0 Å². The van der Waals surface area contributed by atoms with Gasteiger partial charge in [-0.25, -0.2) is 0 Å². The van der Waals surface area contributed by atoms with Gasteiger partial charge in [0, 0.05) is 56.3 Å². The maximum Gasteiger partial charge on any atom is 0.321 e. The van der Waals surface area contributed by atoms with Crippen LogP contribution in [0.3, 0.4) is 0 Å². The molecule has 3 N–H and O–H groups in total. The van der Waals surface area contributed by atoms with Crippen molar-refractivity contribution < 1.29 is 46.8 Å². The zero-order valence-electron chi connectivity index (χ0n) is 15.4. The van der Waals surface area contributed by atoms with Crippen LogP contribution in [0.25, 0.3) is 0 Å². The molecule has 0 aromatic carbocycles. The minimum Gasteiger partial charge on any atom is -0.480 e. The Balaban J connectivity index is 0.00000625. The van der Waals surface area contributed by atoms with E-state index in [0.29, 0.717) is 39.3 Å². The summed E-state index contributed by atoms with van der Waals surface area (Å²) >= 11 is 0. The molecule has 0 spiro atoms. The normalized spacial score (nSPS) is 19.5. The number of hydrogen-bond donors (Lipinski definition) is 3. The number of rotatable bonds is 6. The monoisotopic (exact) mass is 422 g/mol. The Hall–Kier alpha value is -1.19. The van der Waals surface area contributed by atoms with Crippen LogP contribution >= 0.6 is 0 Å². The standard InChI is InChI=1S/C16H29N3O6.Cu/c1-16(2,3)14(15(24)25)19-8-6-17(10-12(20)21)4-5-18(7-9-19)11-13(22)23;/h14H,4-11H2,1-3H3,(H,20,21)(H,22,23)(H,24,25);. The first-order valence-electron chi connectivity index (χ1n) is 8.36. The van der Waals surface area contributed by atoms with E-state index in [4.69, 9.17) is 10.2 Å². The zero-order valence-corrected chi connectivity index (χ0v) is 16.4. The average Bonchev–Trinajstić information content (AvgIpc) is 2.50. The number of carboxylic acids is 3. The molecule has 0 bridgehead atoms. The van der Waals surface area contributed by atoms with Gasteiger partial charge in [-0.2, -0.15) is 0 Å². The number of carbonyl (C=O) groups is 3. The maximum atomic E-state index is 11.8. The summed E-state index contributed by atoms with van der Waals surface area (Å²) in [5, 5.41) is 27.7. The minimum atomic E-state index is -0.957. The zero-order chi connectivity index (χ0) is 19.2. The van der Waals surface area contributed by atoms with Crippen molar-refractivity contribution >= 4 is 17.9 Å². The SMILES string of the molecule is CC(C)(C)C(C(=O)O)N1CCN(CC(=O)O)CCN(CC(=O)O)CC1.[Cu]. The molecule has 26 heavy (non-hydrogen) atoms. The molecule has 155 valence electrons. The Morgan fingerprint density at radius 1 is 0.808 bits per heavy atom. The Morgan fingerprint density at radius 3 is 1.42 bits per heavy atom. The number of hydrogen-bond acceptors (Lipinski definition) is 6. The van der Waals surface area contributed by atoms with Crippen molar-refractivity contribution in [2.75, 3.05) is 52.4 Å². The van der Waals surface area contributed by atoms with Crippen LogP contribution in [0, 0.1) is 5.41 Å². The van der Waals surface area contributed by atoms with Crippen LogP contribution in [0.15, 0.2) is 0 Å². The fourth-order valence-corrected chi connectivity index (χ4v) is 3.19. The molecule has 0 saturated carbocycles. The summed E-state index contributed by atoms with van der Waals surface area (Å²) in [6.07, 6.45) is 0. The Morgan fingerprint density at radius 2 is 1.15 bits per heavy atom. The third-order valence-electron chi connectivity index (χ3n) is 4.28. The van der Waals surface area contributed by atoms with E-state index in [0.717, 1.165) is 0 Å². The van der Waals surface area contributed by atoms with Gasteiger partial charge in [0.1, 0.15) is 6.04 Å². The van der Waals surface area contributed by atoms with Crippen molar-refractivity contribution in [3.8, 4) is 0 Å². The molecule has 10 heteroatoms. The fourth-order valence-electron chi connectivity index (χ4n) is 3.19. The molecule has 1 aliphatic heterocycles. The van der Waals surface area contributed by atoms with E-state index in [-0.39, 0.29) is 30.2 Å². The van der Waals surface area contributed by atoms with Crippen LogP contribution < -0.4 is 0 Å². The molecular formula is C16H29CuN3O6. The van der Waals surface area contributed by atoms with Crippen molar-refractivity contribution in [1.29, 1.82) is 0 Å². The number of aliphatic carboxylic acids is 3. The molecule has 1 atom stereocenters. The molecule has 0 amide bonds. The third-order valence-corrected chi connectivity index (χ3v) is 4.28. The predicted octanol–water partition coefficient (Wildman–Crippen LogP) is -0.428. The van der Waals surface area contributed by atoms with Gasteiger partial charge in [-0.3, -0.25) is 29.1 Å². The first kappa shape index (κ1) is 24.8. The Labute approximate surface area is 164 Å². The molecule has 0 aromatic heterocycles. The second-order valence-corrected chi connectivity index (χ2v) is 7.48.